The van der Waals surface area contributed by atoms with Crippen LogP contribution in [-0.4, -0.2) is 4.68 Å². The number of nitriles is 1. The molecule has 2 aromatic rings. The van der Waals surface area contributed by atoms with Crippen molar-refractivity contribution in [3.63, 3.8) is 0 Å². The zero-order valence-corrected chi connectivity index (χ0v) is 9.14. The SMILES string of the molecule is Cc1cc(C#N)ccc1CNn1cccc1. The number of hydrogen-bond acceptors (Lipinski definition) is 2. The standard InChI is InChI=1S/C13H13N3/c1-11-8-12(9-14)4-5-13(11)10-15-16-6-2-3-7-16/h2-8,15H,10H2,1H3. The zero-order valence-electron chi connectivity index (χ0n) is 9.14. The fraction of sp³-hybridized carbons (Fsp3) is 0.154. The Kier molecular flexibility index (Phi) is 2.93. The van der Waals surface area contributed by atoms with E-state index in [-0.39, 0.29) is 0 Å². The third-order valence-corrected chi connectivity index (χ3v) is 2.53. The fourth-order valence-electron chi connectivity index (χ4n) is 1.58. The molecule has 80 valence electrons. The van der Waals surface area contributed by atoms with Gasteiger partial charge in [0, 0.05) is 12.4 Å². The van der Waals surface area contributed by atoms with E-state index in [1.807, 2.05) is 54.3 Å². The summed E-state index contributed by atoms with van der Waals surface area (Å²) in [5, 5.41) is 8.76. The van der Waals surface area contributed by atoms with Crippen molar-refractivity contribution in [3.8, 4) is 6.07 Å². The van der Waals surface area contributed by atoms with E-state index in [4.69, 9.17) is 5.26 Å². The highest BCUT2D eigenvalue weighted by atomic mass is 15.4. The number of aromatic nitrogens is 1. The molecule has 16 heavy (non-hydrogen) atoms. The van der Waals surface area contributed by atoms with Gasteiger partial charge in [-0.25, -0.2) is 0 Å². The Bertz CT molecular complexity index is 506. The Morgan fingerprint density at radius 2 is 2.06 bits per heavy atom. The lowest BCUT2D eigenvalue weighted by Crippen LogP contribution is -2.12. The van der Waals surface area contributed by atoms with Crippen LogP contribution in [0.15, 0.2) is 42.7 Å². The number of benzene rings is 1. The van der Waals surface area contributed by atoms with Crippen LogP contribution in [0.1, 0.15) is 16.7 Å². The Hall–Kier alpha value is -2.21. The minimum atomic E-state index is 0.710. The molecular formula is C13H13N3. The summed E-state index contributed by atoms with van der Waals surface area (Å²) in [6.45, 7) is 2.78. The maximum Gasteiger partial charge on any atom is 0.0991 e. The number of aryl methyl sites for hydroxylation is 1. The Balaban J connectivity index is 2.08. The van der Waals surface area contributed by atoms with Crippen LogP contribution in [0, 0.1) is 18.3 Å². The Labute approximate surface area is 94.9 Å². The summed E-state index contributed by atoms with van der Waals surface area (Å²) < 4.78 is 1.91. The van der Waals surface area contributed by atoms with E-state index in [9.17, 15) is 0 Å². The predicted octanol–water partition coefficient (Wildman–Crippen LogP) is 2.41. The summed E-state index contributed by atoms with van der Waals surface area (Å²) in [6, 6.07) is 11.8. The van der Waals surface area contributed by atoms with Crippen LogP contribution in [-0.2, 0) is 6.54 Å². The van der Waals surface area contributed by atoms with Gasteiger partial charge in [0.05, 0.1) is 18.2 Å². The fourth-order valence-corrected chi connectivity index (χ4v) is 1.58. The molecule has 2 rings (SSSR count). The van der Waals surface area contributed by atoms with E-state index in [2.05, 4.69) is 11.5 Å². The van der Waals surface area contributed by atoms with Crippen molar-refractivity contribution in [2.45, 2.75) is 13.5 Å². The van der Waals surface area contributed by atoms with Crippen LogP contribution in [0.25, 0.3) is 0 Å². The van der Waals surface area contributed by atoms with Gasteiger partial charge in [0.25, 0.3) is 0 Å². The average Bonchev–Trinajstić information content (AvgIpc) is 2.80. The molecule has 0 aliphatic heterocycles. The molecule has 3 nitrogen and oxygen atoms in total. The van der Waals surface area contributed by atoms with E-state index in [0.717, 1.165) is 12.1 Å². The van der Waals surface area contributed by atoms with E-state index >= 15 is 0 Å². The van der Waals surface area contributed by atoms with Gasteiger partial charge in [-0.1, -0.05) is 6.07 Å². The van der Waals surface area contributed by atoms with Crippen LogP contribution < -0.4 is 5.43 Å². The number of nitrogens with zero attached hydrogens (tertiary/aromatic N) is 2. The van der Waals surface area contributed by atoms with Gasteiger partial charge in [0.1, 0.15) is 0 Å². The van der Waals surface area contributed by atoms with Crippen LogP contribution in [0.2, 0.25) is 0 Å². The molecule has 0 fully saturated rings. The quantitative estimate of drug-likeness (QED) is 0.847. The highest BCUT2D eigenvalue weighted by Gasteiger charge is 1.99. The topological polar surface area (TPSA) is 40.8 Å². The summed E-state index contributed by atoms with van der Waals surface area (Å²) >= 11 is 0. The molecule has 0 saturated carbocycles. The molecule has 3 heteroatoms. The zero-order chi connectivity index (χ0) is 11.4. The molecule has 0 saturated heterocycles. The van der Waals surface area contributed by atoms with Crippen molar-refractivity contribution < 1.29 is 0 Å². The van der Waals surface area contributed by atoms with Crippen molar-refractivity contribution in [1.82, 2.24) is 4.68 Å². The smallest absolute Gasteiger partial charge is 0.0991 e. The first-order chi connectivity index (χ1) is 7.79. The van der Waals surface area contributed by atoms with Gasteiger partial charge in [-0.15, -0.1) is 0 Å². The number of rotatable bonds is 3. The summed E-state index contributed by atoms with van der Waals surface area (Å²) in [4.78, 5) is 0. The highest BCUT2D eigenvalue weighted by Crippen LogP contribution is 2.10. The molecule has 0 unspecified atom stereocenters. The highest BCUT2D eigenvalue weighted by molar-refractivity contribution is 5.37. The van der Waals surface area contributed by atoms with Gasteiger partial charge in [-0.2, -0.15) is 5.26 Å². The summed E-state index contributed by atoms with van der Waals surface area (Å²) in [6.07, 6.45) is 3.91. The van der Waals surface area contributed by atoms with Gasteiger partial charge < -0.3 is 5.43 Å². The molecule has 0 bridgehead atoms. The van der Waals surface area contributed by atoms with Gasteiger partial charge in [-0.3, -0.25) is 4.68 Å². The van der Waals surface area contributed by atoms with Crippen molar-refractivity contribution in [1.29, 1.82) is 5.26 Å². The molecule has 0 aliphatic rings. The molecule has 1 N–H and O–H groups in total. The average molecular weight is 211 g/mol. The normalized spacial score (nSPS) is 9.75. The van der Waals surface area contributed by atoms with Gasteiger partial charge in [0.2, 0.25) is 0 Å². The number of nitrogens with one attached hydrogen (secondary N) is 1. The second kappa shape index (κ2) is 4.54. The van der Waals surface area contributed by atoms with Crippen molar-refractivity contribution in [3.05, 3.63) is 59.4 Å². The largest absolute Gasteiger partial charge is 0.322 e. The van der Waals surface area contributed by atoms with Crippen molar-refractivity contribution in [2.24, 2.45) is 0 Å². The molecule has 0 atom stereocenters. The lowest BCUT2D eigenvalue weighted by Gasteiger charge is -2.09. The van der Waals surface area contributed by atoms with E-state index in [0.29, 0.717) is 5.56 Å². The molecular weight excluding hydrogens is 198 g/mol. The molecule has 1 aromatic carbocycles. The minimum absolute atomic E-state index is 0.710. The predicted molar refractivity (Wildman–Crippen MR) is 63.4 cm³/mol. The molecule has 1 aromatic heterocycles. The summed E-state index contributed by atoms with van der Waals surface area (Å²) in [7, 11) is 0. The first kappa shape index (κ1) is 10.3. The van der Waals surface area contributed by atoms with Crippen LogP contribution in [0.3, 0.4) is 0 Å². The van der Waals surface area contributed by atoms with Gasteiger partial charge >= 0.3 is 0 Å². The molecule has 0 aliphatic carbocycles. The van der Waals surface area contributed by atoms with Gasteiger partial charge in [0.15, 0.2) is 0 Å². The number of hydrogen-bond donors (Lipinski definition) is 1. The lowest BCUT2D eigenvalue weighted by molar-refractivity contribution is 0.843. The molecule has 0 spiro atoms. The second-order valence-electron chi connectivity index (χ2n) is 3.68. The van der Waals surface area contributed by atoms with E-state index in [1.54, 1.807) is 0 Å². The van der Waals surface area contributed by atoms with Crippen molar-refractivity contribution in [2.75, 3.05) is 5.43 Å². The van der Waals surface area contributed by atoms with Crippen LogP contribution in [0.5, 0.6) is 0 Å². The van der Waals surface area contributed by atoms with Crippen molar-refractivity contribution >= 4 is 0 Å². The van der Waals surface area contributed by atoms with E-state index < -0.39 is 0 Å². The first-order valence-corrected chi connectivity index (χ1v) is 5.16. The van der Waals surface area contributed by atoms with Crippen LogP contribution in [0.4, 0.5) is 0 Å². The summed E-state index contributed by atoms with van der Waals surface area (Å²) in [5.74, 6) is 0. The molecule has 0 amide bonds. The monoisotopic (exact) mass is 211 g/mol. The first-order valence-electron chi connectivity index (χ1n) is 5.16. The minimum Gasteiger partial charge on any atom is -0.322 e. The Morgan fingerprint density at radius 1 is 1.31 bits per heavy atom. The third kappa shape index (κ3) is 2.23. The summed E-state index contributed by atoms with van der Waals surface area (Å²) in [5.41, 5.74) is 6.30. The van der Waals surface area contributed by atoms with Gasteiger partial charge in [-0.05, 0) is 42.3 Å². The maximum atomic E-state index is 8.76. The molecule has 1 heterocycles. The lowest BCUT2D eigenvalue weighted by atomic mass is 10.1. The maximum absolute atomic E-state index is 8.76. The molecule has 0 radical (unpaired) electrons. The van der Waals surface area contributed by atoms with E-state index in [1.165, 1.54) is 5.56 Å². The second-order valence-corrected chi connectivity index (χ2v) is 3.68. The third-order valence-electron chi connectivity index (χ3n) is 2.53. The Morgan fingerprint density at radius 3 is 2.69 bits per heavy atom. The van der Waals surface area contributed by atoms with Crippen LogP contribution >= 0.6 is 0 Å².